The van der Waals surface area contributed by atoms with Crippen molar-refractivity contribution in [1.29, 1.82) is 0 Å². The Morgan fingerprint density at radius 1 is 1.29 bits per heavy atom. The third-order valence-electron chi connectivity index (χ3n) is 6.48. The number of rotatable bonds is 4. The molecular weight excluding hydrogens is 298 g/mol. The molecule has 1 amide bonds. The zero-order chi connectivity index (χ0) is 16.6. The second-order valence-corrected chi connectivity index (χ2v) is 7.98. The van der Waals surface area contributed by atoms with E-state index in [1.807, 2.05) is 7.05 Å². The number of hydrogen-bond acceptors (Lipinski definition) is 3. The van der Waals surface area contributed by atoms with Crippen LogP contribution in [0.2, 0.25) is 0 Å². The quantitative estimate of drug-likeness (QED) is 0.920. The van der Waals surface area contributed by atoms with Crippen LogP contribution in [0, 0.1) is 11.3 Å². The van der Waals surface area contributed by atoms with Gasteiger partial charge in [-0.1, -0.05) is 30.3 Å². The van der Waals surface area contributed by atoms with Gasteiger partial charge in [-0.3, -0.25) is 9.69 Å². The first-order chi connectivity index (χ1) is 11.7. The molecule has 1 aliphatic carbocycles. The highest BCUT2D eigenvalue weighted by Gasteiger charge is 2.58. The molecule has 3 aliphatic rings. The lowest BCUT2D eigenvalue weighted by Crippen LogP contribution is -2.41. The summed E-state index contributed by atoms with van der Waals surface area (Å²) in [6.45, 7) is 5.28. The Morgan fingerprint density at radius 2 is 2.04 bits per heavy atom. The SMILES string of the molecule is CN(C(=O)C1CC12CCNCC2)C1CCN(Cc2ccccc2)C1. The van der Waals surface area contributed by atoms with Crippen LogP contribution in [0.4, 0.5) is 0 Å². The molecule has 2 heterocycles. The Morgan fingerprint density at radius 3 is 2.79 bits per heavy atom. The Bertz CT molecular complexity index is 582. The molecule has 2 atom stereocenters. The van der Waals surface area contributed by atoms with Crippen LogP contribution < -0.4 is 5.32 Å². The Kier molecular flexibility index (Phi) is 4.35. The molecule has 4 rings (SSSR count). The molecule has 1 N–H and O–H groups in total. The van der Waals surface area contributed by atoms with Crippen LogP contribution in [0.1, 0.15) is 31.2 Å². The summed E-state index contributed by atoms with van der Waals surface area (Å²) in [7, 11) is 2.03. The average Bonchev–Trinajstić information content (AvgIpc) is 3.09. The number of benzene rings is 1. The third-order valence-corrected chi connectivity index (χ3v) is 6.48. The van der Waals surface area contributed by atoms with Gasteiger partial charge < -0.3 is 10.2 Å². The highest BCUT2D eigenvalue weighted by atomic mass is 16.2. The minimum Gasteiger partial charge on any atom is -0.341 e. The predicted octanol–water partition coefficient (Wildman–Crippen LogP) is 2.11. The Balaban J connectivity index is 1.31. The van der Waals surface area contributed by atoms with E-state index >= 15 is 0 Å². The molecule has 1 aromatic rings. The van der Waals surface area contributed by atoms with Gasteiger partial charge in [0.05, 0.1) is 0 Å². The summed E-state index contributed by atoms with van der Waals surface area (Å²) in [5.74, 6) is 0.705. The van der Waals surface area contributed by atoms with Gasteiger partial charge in [0.1, 0.15) is 0 Å². The van der Waals surface area contributed by atoms with Gasteiger partial charge in [-0.05, 0) is 49.8 Å². The second-order valence-electron chi connectivity index (χ2n) is 7.98. The highest BCUT2D eigenvalue weighted by Crippen LogP contribution is 2.59. The molecular formula is C20H29N3O. The fourth-order valence-corrected chi connectivity index (χ4v) is 4.71. The van der Waals surface area contributed by atoms with Gasteiger partial charge in [0, 0.05) is 38.6 Å². The Labute approximate surface area is 145 Å². The topological polar surface area (TPSA) is 35.6 Å². The summed E-state index contributed by atoms with van der Waals surface area (Å²) in [5.41, 5.74) is 1.71. The molecule has 2 unspecified atom stereocenters. The molecule has 130 valence electrons. The van der Waals surface area contributed by atoms with Crippen molar-refractivity contribution in [3.63, 3.8) is 0 Å². The Hall–Kier alpha value is -1.39. The lowest BCUT2D eigenvalue weighted by molar-refractivity contribution is -0.134. The normalized spacial score (nSPS) is 28.9. The number of nitrogens with one attached hydrogen (secondary N) is 1. The zero-order valence-corrected chi connectivity index (χ0v) is 14.7. The largest absolute Gasteiger partial charge is 0.341 e. The van der Waals surface area contributed by atoms with Crippen molar-refractivity contribution in [2.75, 3.05) is 33.2 Å². The predicted molar refractivity (Wildman–Crippen MR) is 95.5 cm³/mol. The van der Waals surface area contributed by atoms with E-state index in [1.165, 1.54) is 18.4 Å². The molecule has 0 bridgehead atoms. The second kappa shape index (κ2) is 6.49. The van der Waals surface area contributed by atoms with Gasteiger partial charge in [0.15, 0.2) is 0 Å². The average molecular weight is 327 g/mol. The number of carbonyl (C=O) groups is 1. The van der Waals surface area contributed by atoms with Gasteiger partial charge in [0.2, 0.25) is 5.91 Å². The van der Waals surface area contributed by atoms with Crippen LogP contribution in [-0.2, 0) is 11.3 Å². The van der Waals surface area contributed by atoms with Crippen molar-refractivity contribution < 1.29 is 4.79 Å². The van der Waals surface area contributed by atoms with E-state index in [2.05, 4.69) is 45.4 Å². The third kappa shape index (κ3) is 3.09. The van der Waals surface area contributed by atoms with Crippen LogP contribution in [0.5, 0.6) is 0 Å². The number of nitrogens with zero attached hydrogens (tertiary/aromatic N) is 2. The molecule has 3 fully saturated rings. The maximum atomic E-state index is 12.9. The van der Waals surface area contributed by atoms with Crippen LogP contribution in [0.25, 0.3) is 0 Å². The molecule has 2 saturated heterocycles. The molecule has 1 spiro atoms. The van der Waals surface area contributed by atoms with Crippen molar-refractivity contribution >= 4 is 5.91 Å². The van der Waals surface area contributed by atoms with Gasteiger partial charge in [-0.15, -0.1) is 0 Å². The van der Waals surface area contributed by atoms with Crippen LogP contribution in [0.3, 0.4) is 0 Å². The van der Waals surface area contributed by atoms with E-state index in [-0.39, 0.29) is 0 Å². The number of piperidine rings is 1. The van der Waals surface area contributed by atoms with Crippen molar-refractivity contribution in [2.45, 2.75) is 38.3 Å². The summed E-state index contributed by atoms with van der Waals surface area (Å²) in [6.07, 6.45) is 4.60. The number of amides is 1. The minimum atomic E-state index is 0.299. The first kappa shape index (κ1) is 16.1. The van der Waals surface area contributed by atoms with E-state index in [0.717, 1.165) is 45.6 Å². The first-order valence-corrected chi connectivity index (χ1v) is 9.42. The minimum absolute atomic E-state index is 0.299. The van der Waals surface area contributed by atoms with Crippen molar-refractivity contribution in [2.24, 2.45) is 11.3 Å². The van der Waals surface area contributed by atoms with E-state index in [1.54, 1.807) is 0 Å². The molecule has 1 saturated carbocycles. The van der Waals surface area contributed by atoms with E-state index in [4.69, 9.17) is 0 Å². The first-order valence-electron chi connectivity index (χ1n) is 9.42. The van der Waals surface area contributed by atoms with Crippen LogP contribution in [0.15, 0.2) is 30.3 Å². The molecule has 0 radical (unpaired) electrons. The standard InChI is InChI=1S/C20H29N3O/c1-22(19(24)18-13-20(18)8-10-21-11-9-20)17-7-12-23(15-17)14-16-5-3-2-4-6-16/h2-6,17-18,21H,7-15H2,1H3. The maximum Gasteiger partial charge on any atom is 0.226 e. The number of likely N-dealkylation sites (tertiary alicyclic amines) is 1. The molecule has 4 nitrogen and oxygen atoms in total. The smallest absolute Gasteiger partial charge is 0.226 e. The fourth-order valence-electron chi connectivity index (χ4n) is 4.71. The van der Waals surface area contributed by atoms with Gasteiger partial charge in [-0.2, -0.15) is 0 Å². The van der Waals surface area contributed by atoms with Gasteiger partial charge in [0.25, 0.3) is 0 Å². The fraction of sp³-hybridized carbons (Fsp3) is 0.650. The molecule has 4 heteroatoms. The van der Waals surface area contributed by atoms with E-state index < -0.39 is 0 Å². The monoisotopic (exact) mass is 327 g/mol. The molecule has 1 aromatic carbocycles. The zero-order valence-electron chi connectivity index (χ0n) is 14.7. The summed E-state index contributed by atoms with van der Waals surface area (Å²) in [6, 6.07) is 11.0. The van der Waals surface area contributed by atoms with Crippen LogP contribution >= 0.6 is 0 Å². The number of carbonyl (C=O) groups excluding carboxylic acids is 1. The van der Waals surface area contributed by atoms with E-state index in [9.17, 15) is 4.79 Å². The summed E-state index contributed by atoms with van der Waals surface area (Å²) in [4.78, 5) is 17.5. The van der Waals surface area contributed by atoms with Crippen molar-refractivity contribution in [1.82, 2.24) is 15.1 Å². The molecule has 24 heavy (non-hydrogen) atoms. The van der Waals surface area contributed by atoms with E-state index in [0.29, 0.717) is 23.3 Å². The molecule has 0 aromatic heterocycles. The summed E-state index contributed by atoms with van der Waals surface area (Å²) < 4.78 is 0. The summed E-state index contributed by atoms with van der Waals surface area (Å²) in [5, 5.41) is 3.42. The van der Waals surface area contributed by atoms with Gasteiger partial charge >= 0.3 is 0 Å². The highest BCUT2D eigenvalue weighted by molar-refractivity contribution is 5.83. The lowest BCUT2D eigenvalue weighted by atomic mass is 9.91. The van der Waals surface area contributed by atoms with Crippen molar-refractivity contribution in [3.8, 4) is 0 Å². The molecule has 2 aliphatic heterocycles. The van der Waals surface area contributed by atoms with Gasteiger partial charge in [-0.25, -0.2) is 0 Å². The maximum absolute atomic E-state index is 12.9. The van der Waals surface area contributed by atoms with Crippen LogP contribution in [-0.4, -0.2) is 55.0 Å². The number of likely N-dealkylation sites (N-methyl/N-ethyl adjacent to an activating group) is 1. The van der Waals surface area contributed by atoms with Crippen molar-refractivity contribution in [3.05, 3.63) is 35.9 Å². The number of hydrogen-bond donors (Lipinski definition) is 1. The summed E-state index contributed by atoms with van der Waals surface area (Å²) >= 11 is 0. The lowest BCUT2D eigenvalue weighted by Gasteiger charge is -2.28.